The van der Waals surface area contributed by atoms with E-state index in [1.807, 2.05) is 20.2 Å². The summed E-state index contributed by atoms with van der Waals surface area (Å²) in [6.45, 7) is 1.99. The predicted molar refractivity (Wildman–Crippen MR) is 56.6 cm³/mol. The van der Waals surface area contributed by atoms with Crippen LogP contribution in [0, 0.1) is 0 Å². The molecule has 3 N–H and O–H groups in total. The van der Waals surface area contributed by atoms with Crippen LogP contribution in [0.2, 0.25) is 0 Å². The Morgan fingerprint density at radius 1 is 1.86 bits per heavy atom. The fourth-order valence-corrected chi connectivity index (χ4v) is 2.03. The van der Waals surface area contributed by atoms with Crippen molar-refractivity contribution in [3.8, 4) is 0 Å². The first-order valence-electron chi connectivity index (χ1n) is 4.30. The second kappa shape index (κ2) is 4.90. The molecular formula is C8H14N4OS. The molecule has 1 aromatic rings. The minimum absolute atomic E-state index is 0.00389. The Balaban J connectivity index is 2.66. The number of amidine groups is 1. The van der Waals surface area contributed by atoms with E-state index >= 15 is 0 Å². The number of thioether (sulfide) groups is 1. The lowest BCUT2D eigenvalue weighted by Gasteiger charge is -2.10. The first-order chi connectivity index (χ1) is 6.67. The van der Waals surface area contributed by atoms with Gasteiger partial charge in [-0.1, -0.05) is 12.1 Å². The summed E-state index contributed by atoms with van der Waals surface area (Å²) < 4.78 is 1.72. The molecule has 1 heterocycles. The van der Waals surface area contributed by atoms with E-state index in [-0.39, 0.29) is 11.1 Å². The molecule has 0 aliphatic heterocycles. The first kappa shape index (κ1) is 10.9. The molecule has 0 radical (unpaired) electrons. The van der Waals surface area contributed by atoms with E-state index in [1.54, 1.807) is 22.6 Å². The Hall–Kier alpha value is -1.17. The van der Waals surface area contributed by atoms with Crippen molar-refractivity contribution >= 4 is 17.6 Å². The van der Waals surface area contributed by atoms with E-state index in [2.05, 4.69) is 10.3 Å². The molecule has 78 valence electrons. The zero-order chi connectivity index (χ0) is 10.6. The number of rotatable bonds is 4. The predicted octanol–water partition coefficient (Wildman–Crippen LogP) is 1.04. The van der Waals surface area contributed by atoms with Crippen molar-refractivity contribution in [2.45, 2.75) is 23.5 Å². The lowest BCUT2D eigenvalue weighted by molar-refractivity contribution is 0.317. The summed E-state index contributed by atoms with van der Waals surface area (Å²) in [5.74, 6) is 0.251. The molecule has 0 aromatic carbocycles. The topological polar surface area (TPSA) is 76.4 Å². The molecule has 1 aromatic heterocycles. The number of aromatic nitrogens is 2. The zero-order valence-electron chi connectivity index (χ0n) is 8.21. The standard InChI is InChI=1S/C8H14N4OS/c1-3-7(8(9)11-13)14-6-4-10-12(2)5-6/h4-5,7,13H,3H2,1-2H3,(H2,9,11). The van der Waals surface area contributed by atoms with Crippen LogP contribution < -0.4 is 5.73 Å². The van der Waals surface area contributed by atoms with Gasteiger partial charge in [0, 0.05) is 18.1 Å². The zero-order valence-corrected chi connectivity index (χ0v) is 9.03. The quantitative estimate of drug-likeness (QED) is 0.258. The number of nitrogens with two attached hydrogens (primary N) is 1. The van der Waals surface area contributed by atoms with Gasteiger partial charge in [-0.3, -0.25) is 4.68 Å². The van der Waals surface area contributed by atoms with Gasteiger partial charge in [0.15, 0.2) is 5.84 Å². The van der Waals surface area contributed by atoms with Gasteiger partial charge in [-0.15, -0.1) is 11.8 Å². The van der Waals surface area contributed by atoms with Crippen LogP contribution in [0.25, 0.3) is 0 Å². The molecule has 5 nitrogen and oxygen atoms in total. The van der Waals surface area contributed by atoms with Crippen LogP contribution in [-0.2, 0) is 7.05 Å². The van der Waals surface area contributed by atoms with Gasteiger partial charge in [-0.05, 0) is 6.42 Å². The van der Waals surface area contributed by atoms with Crippen molar-refractivity contribution in [3.63, 3.8) is 0 Å². The molecule has 14 heavy (non-hydrogen) atoms. The van der Waals surface area contributed by atoms with Gasteiger partial charge in [-0.25, -0.2) is 0 Å². The molecule has 1 rings (SSSR count). The fraction of sp³-hybridized carbons (Fsp3) is 0.500. The van der Waals surface area contributed by atoms with Crippen LogP contribution in [0.1, 0.15) is 13.3 Å². The second-order valence-corrected chi connectivity index (χ2v) is 4.17. The molecule has 0 bridgehead atoms. The van der Waals surface area contributed by atoms with Gasteiger partial charge in [0.25, 0.3) is 0 Å². The van der Waals surface area contributed by atoms with Crippen molar-refractivity contribution in [3.05, 3.63) is 12.4 Å². The third-order valence-corrected chi connectivity index (χ3v) is 3.12. The number of nitrogens with zero attached hydrogens (tertiary/aromatic N) is 3. The largest absolute Gasteiger partial charge is 0.409 e. The van der Waals surface area contributed by atoms with E-state index < -0.39 is 0 Å². The molecule has 0 fully saturated rings. The molecule has 0 amide bonds. The van der Waals surface area contributed by atoms with E-state index in [1.165, 1.54) is 0 Å². The van der Waals surface area contributed by atoms with Crippen molar-refractivity contribution in [2.75, 3.05) is 0 Å². The summed E-state index contributed by atoms with van der Waals surface area (Å²) in [5, 5.41) is 15.6. The molecule has 1 unspecified atom stereocenters. The number of hydrogen-bond acceptors (Lipinski definition) is 4. The van der Waals surface area contributed by atoms with E-state index in [0.717, 1.165) is 11.3 Å². The molecule has 6 heteroatoms. The highest BCUT2D eigenvalue weighted by Gasteiger charge is 2.13. The summed E-state index contributed by atoms with van der Waals surface area (Å²) in [5.41, 5.74) is 5.53. The highest BCUT2D eigenvalue weighted by Crippen LogP contribution is 2.24. The van der Waals surface area contributed by atoms with Gasteiger partial charge < -0.3 is 10.9 Å². The van der Waals surface area contributed by atoms with Crippen molar-refractivity contribution < 1.29 is 5.21 Å². The normalized spacial score (nSPS) is 14.3. The third-order valence-electron chi connectivity index (χ3n) is 1.78. The van der Waals surface area contributed by atoms with Crippen LogP contribution in [0.3, 0.4) is 0 Å². The average molecular weight is 214 g/mol. The maximum atomic E-state index is 8.55. The summed E-state index contributed by atoms with van der Waals surface area (Å²) in [6.07, 6.45) is 4.48. The minimum atomic E-state index is 0.00389. The van der Waals surface area contributed by atoms with Crippen molar-refractivity contribution in [1.82, 2.24) is 9.78 Å². The SMILES string of the molecule is CCC(Sc1cnn(C)c1)C(N)=NO. The van der Waals surface area contributed by atoms with Crippen LogP contribution in [0.4, 0.5) is 0 Å². The number of oxime groups is 1. The maximum absolute atomic E-state index is 8.55. The molecule has 0 spiro atoms. The van der Waals surface area contributed by atoms with E-state index in [4.69, 9.17) is 10.9 Å². The van der Waals surface area contributed by atoms with Gasteiger partial charge in [0.1, 0.15) is 0 Å². The Kier molecular flexibility index (Phi) is 3.82. The summed E-state index contributed by atoms with van der Waals surface area (Å²) in [4.78, 5) is 1.02. The second-order valence-electron chi connectivity index (χ2n) is 2.89. The first-order valence-corrected chi connectivity index (χ1v) is 5.18. The van der Waals surface area contributed by atoms with Crippen LogP contribution in [0.5, 0.6) is 0 Å². The Labute approximate surface area is 87.0 Å². The summed E-state index contributed by atoms with van der Waals surface area (Å²) >= 11 is 1.54. The summed E-state index contributed by atoms with van der Waals surface area (Å²) in [6, 6.07) is 0. The lowest BCUT2D eigenvalue weighted by Crippen LogP contribution is -2.25. The van der Waals surface area contributed by atoms with Crippen LogP contribution in [-0.4, -0.2) is 26.1 Å². The van der Waals surface area contributed by atoms with E-state index in [0.29, 0.717) is 0 Å². The van der Waals surface area contributed by atoms with Gasteiger partial charge in [0.05, 0.1) is 11.4 Å². The van der Waals surface area contributed by atoms with Crippen LogP contribution >= 0.6 is 11.8 Å². The van der Waals surface area contributed by atoms with E-state index in [9.17, 15) is 0 Å². The van der Waals surface area contributed by atoms with Gasteiger partial charge in [0.2, 0.25) is 0 Å². The average Bonchev–Trinajstić information content (AvgIpc) is 2.59. The lowest BCUT2D eigenvalue weighted by atomic mass is 10.3. The Morgan fingerprint density at radius 2 is 2.57 bits per heavy atom. The molecular weight excluding hydrogens is 200 g/mol. The molecule has 0 aliphatic rings. The molecule has 0 saturated heterocycles. The van der Waals surface area contributed by atoms with Gasteiger partial charge in [-0.2, -0.15) is 5.10 Å². The van der Waals surface area contributed by atoms with Crippen molar-refractivity contribution in [2.24, 2.45) is 17.9 Å². The molecule has 0 aliphatic carbocycles. The fourth-order valence-electron chi connectivity index (χ4n) is 1.04. The maximum Gasteiger partial charge on any atom is 0.152 e. The Bertz CT molecular complexity index is 323. The van der Waals surface area contributed by atoms with Crippen LogP contribution in [0.15, 0.2) is 22.4 Å². The van der Waals surface area contributed by atoms with Crippen molar-refractivity contribution in [1.29, 1.82) is 0 Å². The highest BCUT2D eigenvalue weighted by molar-refractivity contribution is 8.00. The monoisotopic (exact) mass is 214 g/mol. The molecule has 0 saturated carbocycles. The number of hydrogen-bond donors (Lipinski definition) is 2. The third kappa shape index (κ3) is 2.66. The minimum Gasteiger partial charge on any atom is -0.409 e. The highest BCUT2D eigenvalue weighted by atomic mass is 32.2. The smallest absolute Gasteiger partial charge is 0.152 e. The molecule has 1 atom stereocenters. The number of aryl methyl sites for hydroxylation is 1. The summed E-state index contributed by atoms with van der Waals surface area (Å²) in [7, 11) is 1.86. The van der Waals surface area contributed by atoms with Gasteiger partial charge >= 0.3 is 0 Å². The Morgan fingerprint density at radius 3 is 3.00 bits per heavy atom.